The molecule has 0 unspecified atom stereocenters. The van der Waals surface area contributed by atoms with E-state index in [9.17, 15) is 4.79 Å². The molecule has 0 saturated carbocycles. The lowest BCUT2D eigenvalue weighted by Gasteiger charge is -2.15. The first kappa shape index (κ1) is 21.8. The van der Waals surface area contributed by atoms with Crippen molar-refractivity contribution >= 4 is 40.5 Å². The molecule has 0 bridgehead atoms. The molecule has 0 radical (unpaired) electrons. The molecule has 0 saturated heterocycles. The van der Waals surface area contributed by atoms with Crippen molar-refractivity contribution in [3.05, 3.63) is 86.5 Å². The molecule has 0 aromatic heterocycles. The van der Waals surface area contributed by atoms with E-state index >= 15 is 0 Å². The van der Waals surface area contributed by atoms with Gasteiger partial charge in [-0.15, -0.1) is 0 Å². The first-order chi connectivity index (χ1) is 14.5. The molecule has 0 spiro atoms. The van der Waals surface area contributed by atoms with Crippen molar-refractivity contribution in [2.45, 2.75) is 20.5 Å². The minimum absolute atomic E-state index is 0.251. The largest absolute Gasteiger partial charge is 0.490 e. The van der Waals surface area contributed by atoms with E-state index < -0.39 is 5.97 Å². The van der Waals surface area contributed by atoms with Gasteiger partial charge in [-0.25, -0.2) is 4.79 Å². The average molecular weight is 515 g/mol. The number of aliphatic imine (C=N–C) groups is 1. The van der Waals surface area contributed by atoms with Gasteiger partial charge in [0.25, 0.3) is 0 Å². The van der Waals surface area contributed by atoms with Gasteiger partial charge in [0.15, 0.2) is 11.5 Å². The molecule has 6 heteroatoms. The second-order valence-corrected chi connectivity index (χ2v) is 7.81. The van der Waals surface area contributed by atoms with E-state index in [4.69, 9.17) is 14.6 Å². The highest BCUT2D eigenvalue weighted by molar-refractivity contribution is 14.1. The van der Waals surface area contributed by atoms with Crippen LogP contribution in [-0.4, -0.2) is 23.9 Å². The predicted octanol–water partition coefficient (Wildman–Crippen LogP) is 6.03. The molecule has 154 valence electrons. The van der Waals surface area contributed by atoms with Crippen molar-refractivity contribution in [2.24, 2.45) is 4.99 Å². The van der Waals surface area contributed by atoms with Crippen molar-refractivity contribution in [1.29, 1.82) is 0 Å². The molecule has 0 aliphatic carbocycles. The fraction of sp³-hybridized carbons (Fsp3) is 0.167. The van der Waals surface area contributed by atoms with E-state index in [0.717, 1.165) is 20.4 Å². The summed E-state index contributed by atoms with van der Waals surface area (Å²) in [6.07, 6.45) is 1.81. The number of carboxylic acid groups (broad SMARTS) is 1. The van der Waals surface area contributed by atoms with E-state index in [1.807, 2.05) is 56.5 Å². The SMILES string of the molecule is CCOc1cc(C=Nc2ccc(C)cc2)cc(I)c1OCc1ccc(C(=O)O)cc1. The Morgan fingerprint density at radius 2 is 1.77 bits per heavy atom. The zero-order valence-electron chi connectivity index (χ0n) is 16.8. The van der Waals surface area contributed by atoms with E-state index in [1.54, 1.807) is 24.3 Å². The van der Waals surface area contributed by atoms with Crippen LogP contribution in [0.25, 0.3) is 0 Å². The number of ether oxygens (including phenoxy) is 2. The summed E-state index contributed by atoms with van der Waals surface area (Å²) in [7, 11) is 0. The molecule has 30 heavy (non-hydrogen) atoms. The molecule has 0 fully saturated rings. The number of halogens is 1. The van der Waals surface area contributed by atoms with Crippen LogP contribution in [0.3, 0.4) is 0 Å². The summed E-state index contributed by atoms with van der Waals surface area (Å²) in [6, 6.07) is 18.6. The summed E-state index contributed by atoms with van der Waals surface area (Å²) >= 11 is 2.22. The highest BCUT2D eigenvalue weighted by Gasteiger charge is 2.12. The van der Waals surface area contributed by atoms with Crippen LogP contribution in [0.1, 0.15) is 34.0 Å². The van der Waals surface area contributed by atoms with Crippen molar-refractivity contribution < 1.29 is 19.4 Å². The van der Waals surface area contributed by atoms with E-state index in [2.05, 4.69) is 27.6 Å². The molecule has 3 aromatic rings. The summed E-state index contributed by atoms with van der Waals surface area (Å²) in [5.41, 5.74) is 4.13. The van der Waals surface area contributed by atoms with Gasteiger partial charge in [-0.1, -0.05) is 29.8 Å². The molecule has 0 amide bonds. The summed E-state index contributed by atoms with van der Waals surface area (Å²) in [4.78, 5) is 15.5. The van der Waals surface area contributed by atoms with E-state index in [0.29, 0.717) is 24.7 Å². The number of carboxylic acids is 1. The maximum atomic E-state index is 11.0. The molecule has 3 aromatic carbocycles. The van der Waals surface area contributed by atoms with Crippen molar-refractivity contribution in [3.8, 4) is 11.5 Å². The van der Waals surface area contributed by atoms with Crippen LogP contribution in [0.15, 0.2) is 65.7 Å². The Balaban J connectivity index is 1.78. The summed E-state index contributed by atoms with van der Waals surface area (Å²) < 4.78 is 12.7. The third-order valence-electron chi connectivity index (χ3n) is 4.31. The first-order valence-corrected chi connectivity index (χ1v) is 10.6. The molecule has 0 atom stereocenters. The number of hydrogen-bond acceptors (Lipinski definition) is 4. The van der Waals surface area contributed by atoms with Gasteiger partial charge in [0, 0.05) is 6.21 Å². The lowest BCUT2D eigenvalue weighted by Crippen LogP contribution is -2.03. The van der Waals surface area contributed by atoms with Gasteiger partial charge in [-0.05, 0) is 84.0 Å². The van der Waals surface area contributed by atoms with Gasteiger partial charge in [-0.2, -0.15) is 0 Å². The zero-order chi connectivity index (χ0) is 21.5. The zero-order valence-corrected chi connectivity index (χ0v) is 18.9. The van der Waals surface area contributed by atoms with Gasteiger partial charge in [0.05, 0.1) is 21.4 Å². The minimum Gasteiger partial charge on any atom is -0.490 e. The molecule has 1 N–H and O–H groups in total. The molecule has 5 nitrogen and oxygen atoms in total. The normalized spacial score (nSPS) is 10.9. The Hall–Kier alpha value is -2.87. The fourth-order valence-electron chi connectivity index (χ4n) is 2.74. The smallest absolute Gasteiger partial charge is 0.335 e. The van der Waals surface area contributed by atoms with Gasteiger partial charge >= 0.3 is 5.97 Å². The van der Waals surface area contributed by atoms with Crippen LogP contribution in [0.5, 0.6) is 11.5 Å². The third-order valence-corrected chi connectivity index (χ3v) is 5.11. The lowest BCUT2D eigenvalue weighted by molar-refractivity contribution is 0.0697. The summed E-state index contributed by atoms with van der Waals surface area (Å²) in [5.74, 6) is 0.364. The van der Waals surface area contributed by atoms with Crippen molar-refractivity contribution in [3.63, 3.8) is 0 Å². The first-order valence-electron chi connectivity index (χ1n) is 9.48. The number of nitrogens with zero attached hydrogens (tertiary/aromatic N) is 1. The van der Waals surface area contributed by atoms with Crippen LogP contribution in [0, 0.1) is 10.5 Å². The van der Waals surface area contributed by atoms with Crippen LogP contribution in [-0.2, 0) is 6.61 Å². The summed E-state index contributed by atoms with van der Waals surface area (Å²) in [6.45, 7) is 4.79. The Kier molecular flexibility index (Phi) is 7.46. The second-order valence-electron chi connectivity index (χ2n) is 6.65. The predicted molar refractivity (Wildman–Crippen MR) is 126 cm³/mol. The number of benzene rings is 3. The molecular weight excluding hydrogens is 493 g/mol. The van der Waals surface area contributed by atoms with E-state index in [-0.39, 0.29) is 5.56 Å². The summed E-state index contributed by atoms with van der Waals surface area (Å²) in [5, 5.41) is 9.01. The molecule has 0 aliphatic rings. The number of carbonyl (C=O) groups is 1. The van der Waals surface area contributed by atoms with Crippen LogP contribution in [0.4, 0.5) is 5.69 Å². The molecule has 0 aliphatic heterocycles. The average Bonchev–Trinajstić information content (AvgIpc) is 2.73. The third kappa shape index (κ3) is 5.82. The van der Waals surface area contributed by atoms with Crippen LogP contribution >= 0.6 is 22.6 Å². The van der Waals surface area contributed by atoms with Crippen LogP contribution in [0.2, 0.25) is 0 Å². The van der Waals surface area contributed by atoms with Crippen molar-refractivity contribution in [1.82, 2.24) is 0 Å². The number of aromatic carboxylic acids is 1. The Morgan fingerprint density at radius 1 is 1.07 bits per heavy atom. The Morgan fingerprint density at radius 3 is 2.40 bits per heavy atom. The topological polar surface area (TPSA) is 68.1 Å². The van der Waals surface area contributed by atoms with Gasteiger partial charge < -0.3 is 14.6 Å². The monoisotopic (exact) mass is 515 g/mol. The minimum atomic E-state index is -0.946. The van der Waals surface area contributed by atoms with E-state index in [1.165, 1.54) is 5.56 Å². The Labute approximate surface area is 189 Å². The molecule has 3 rings (SSSR count). The maximum absolute atomic E-state index is 11.0. The quantitative estimate of drug-likeness (QED) is 0.294. The highest BCUT2D eigenvalue weighted by Crippen LogP contribution is 2.34. The second kappa shape index (κ2) is 10.2. The maximum Gasteiger partial charge on any atom is 0.335 e. The fourth-order valence-corrected chi connectivity index (χ4v) is 3.53. The van der Waals surface area contributed by atoms with Gasteiger partial charge in [0.1, 0.15) is 6.61 Å². The standard InChI is InChI=1S/C24H22INO4/c1-3-29-22-13-18(14-26-20-10-4-16(2)5-11-20)12-21(25)23(22)30-15-17-6-8-19(9-7-17)24(27)28/h4-14H,3,15H2,1-2H3,(H,27,28). The highest BCUT2D eigenvalue weighted by atomic mass is 127. The molecular formula is C24H22INO4. The number of aryl methyl sites for hydroxylation is 1. The number of hydrogen-bond donors (Lipinski definition) is 1. The van der Waals surface area contributed by atoms with Gasteiger partial charge in [-0.3, -0.25) is 4.99 Å². The number of rotatable bonds is 8. The molecule has 0 heterocycles. The Bertz CT molecular complexity index is 1040. The lowest BCUT2D eigenvalue weighted by atomic mass is 10.1. The van der Waals surface area contributed by atoms with Gasteiger partial charge in [0.2, 0.25) is 0 Å². The van der Waals surface area contributed by atoms with Crippen molar-refractivity contribution in [2.75, 3.05) is 6.61 Å². The van der Waals surface area contributed by atoms with Crippen LogP contribution < -0.4 is 9.47 Å².